The van der Waals surface area contributed by atoms with Gasteiger partial charge in [0.1, 0.15) is 0 Å². The second-order valence-electron chi connectivity index (χ2n) is 4.92. The average Bonchev–Trinajstić information content (AvgIpc) is 2.62. The minimum atomic E-state index is -1.05. The molecule has 0 aromatic carbocycles. The predicted octanol–water partition coefficient (Wildman–Crippen LogP) is 0.947. The molecule has 0 aliphatic carbocycles. The quantitative estimate of drug-likeness (QED) is 0.774. The van der Waals surface area contributed by atoms with Crippen LogP contribution in [0.3, 0.4) is 0 Å². The zero-order chi connectivity index (χ0) is 13.1. The molecule has 6 heteroatoms. The van der Waals surface area contributed by atoms with Gasteiger partial charge in [-0.3, -0.25) is 0 Å². The van der Waals surface area contributed by atoms with Gasteiger partial charge in [0.05, 0.1) is 12.2 Å². The summed E-state index contributed by atoms with van der Waals surface area (Å²) in [6.07, 6.45) is 1.45. The van der Waals surface area contributed by atoms with E-state index in [1.165, 1.54) is 0 Å². The lowest BCUT2D eigenvalue weighted by atomic mass is 9.95. The van der Waals surface area contributed by atoms with Crippen molar-refractivity contribution in [1.29, 1.82) is 0 Å². The van der Waals surface area contributed by atoms with Crippen molar-refractivity contribution >= 4 is 5.97 Å². The van der Waals surface area contributed by atoms with E-state index in [4.69, 9.17) is 5.11 Å². The second-order valence-corrected chi connectivity index (χ2v) is 4.92. The number of carbonyl (C=O) groups is 1. The smallest absolute Gasteiger partial charge is 0.358 e. The summed E-state index contributed by atoms with van der Waals surface area (Å²) in [6.45, 7) is 6.23. The highest BCUT2D eigenvalue weighted by atomic mass is 16.4. The second kappa shape index (κ2) is 5.27. The molecule has 0 fully saturated rings. The number of aromatic carboxylic acids is 1. The van der Waals surface area contributed by atoms with Gasteiger partial charge < -0.3 is 10.2 Å². The molecular formula is C11H19N3O3. The summed E-state index contributed by atoms with van der Waals surface area (Å²) in [5.74, 6) is -1.05. The predicted molar refractivity (Wildman–Crippen MR) is 61.8 cm³/mol. The summed E-state index contributed by atoms with van der Waals surface area (Å²) in [5, 5.41) is 25.8. The molecule has 17 heavy (non-hydrogen) atoms. The van der Waals surface area contributed by atoms with Gasteiger partial charge in [-0.1, -0.05) is 32.4 Å². The van der Waals surface area contributed by atoms with Crippen LogP contribution in [-0.2, 0) is 13.0 Å². The van der Waals surface area contributed by atoms with Crippen LogP contribution < -0.4 is 0 Å². The third-order valence-corrected chi connectivity index (χ3v) is 2.53. The number of aromatic nitrogens is 3. The molecule has 96 valence electrons. The molecule has 0 bridgehead atoms. The Hall–Kier alpha value is -1.43. The van der Waals surface area contributed by atoms with Crippen molar-refractivity contribution in [3.8, 4) is 0 Å². The molecule has 2 N–H and O–H groups in total. The summed E-state index contributed by atoms with van der Waals surface area (Å²) in [7, 11) is 0. The summed E-state index contributed by atoms with van der Waals surface area (Å²) >= 11 is 0. The molecule has 0 saturated carbocycles. The number of carboxylic acids is 1. The molecule has 1 heterocycles. The first kappa shape index (κ1) is 13.6. The third-order valence-electron chi connectivity index (χ3n) is 2.53. The van der Waals surface area contributed by atoms with Crippen molar-refractivity contribution < 1.29 is 15.0 Å². The van der Waals surface area contributed by atoms with Crippen LogP contribution >= 0.6 is 0 Å². The molecule has 1 aromatic heterocycles. The van der Waals surface area contributed by atoms with Gasteiger partial charge in [-0.05, 0) is 6.42 Å². The van der Waals surface area contributed by atoms with Gasteiger partial charge in [0.2, 0.25) is 0 Å². The number of hydrogen-bond acceptors (Lipinski definition) is 4. The van der Waals surface area contributed by atoms with Crippen molar-refractivity contribution in [1.82, 2.24) is 15.0 Å². The molecule has 0 unspecified atom stereocenters. The van der Waals surface area contributed by atoms with E-state index >= 15 is 0 Å². The molecule has 0 aliphatic heterocycles. The molecule has 6 nitrogen and oxygen atoms in total. The Labute approximate surface area is 100 Å². The lowest BCUT2D eigenvalue weighted by molar-refractivity contribution is 0.0689. The standard InChI is InChI=1S/C11H19N3O3/c1-4-5-8-9(10(16)17)12-13-14(8)6-11(2,3)7-15/h15H,4-7H2,1-3H3,(H,16,17). The maximum Gasteiger partial charge on any atom is 0.358 e. The summed E-state index contributed by atoms with van der Waals surface area (Å²) < 4.78 is 1.59. The van der Waals surface area contributed by atoms with E-state index in [0.717, 1.165) is 6.42 Å². The molecule has 1 aromatic rings. The van der Waals surface area contributed by atoms with E-state index in [1.807, 2.05) is 20.8 Å². The lowest BCUT2D eigenvalue weighted by Crippen LogP contribution is -2.25. The van der Waals surface area contributed by atoms with Crippen molar-refractivity contribution in [2.75, 3.05) is 6.61 Å². The molecule has 1 rings (SSSR count). The van der Waals surface area contributed by atoms with Gasteiger partial charge in [0.25, 0.3) is 0 Å². The van der Waals surface area contributed by atoms with E-state index in [0.29, 0.717) is 18.7 Å². The van der Waals surface area contributed by atoms with Crippen molar-refractivity contribution in [3.05, 3.63) is 11.4 Å². The molecule has 0 amide bonds. The highest BCUT2D eigenvalue weighted by molar-refractivity contribution is 5.86. The molecule has 0 atom stereocenters. The van der Waals surface area contributed by atoms with Crippen molar-refractivity contribution in [2.24, 2.45) is 5.41 Å². The molecule has 0 spiro atoms. The highest BCUT2D eigenvalue weighted by Gasteiger charge is 2.23. The number of carboxylic acid groups (broad SMARTS) is 1. The van der Waals surface area contributed by atoms with Gasteiger partial charge in [-0.25, -0.2) is 9.48 Å². The maximum absolute atomic E-state index is 11.0. The van der Waals surface area contributed by atoms with E-state index < -0.39 is 5.97 Å². The third kappa shape index (κ3) is 3.26. The van der Waals surface area contributed by atoms with Gasteiger partial charge >= 0.3 is 5.97 Å². The highest BCUT2D eigenvalue weighted by Crippen LogP contribution is 2.19. The Bertz CT molecular complexity index is 399. The Morgan fingerprint density at radius 3 is 2.59 bits per heavy atom. The first-order chi connectivity index (χ1) is 7.91. The monoisotopic (exact) mass is 241 g/mol. The zero-order valence-corrected chi connectivity index (χ0v) is 10.5. The van der Waals surface area contributed by atoms with Gasteiger partial charge in [0, 0.05) is 12.0 Å². The fourth-order valence-electron chi connectivity index (χ4n) is 1.57. The Morgan fingerprint density at radius 1 is 1.47 bits per heavy atom. The van der Waals surface area contributed by atoms with Crippen LogP contribution in [0.1, 0.15) is 43.4 Å². The topological polar surface area (TPSA) is 88.2 Å². The van der Waals surface area contributed by atoms with Crippen molar-refractivity contribution in [3.63, 3.8) is 0 Å². The Morgan fingerprint density at radius 2 is 2.12 bits per heavy atom. The number of aliphatic hydroxyl groups is 1. The minimum Gasteiger partial charge on any atom is -0.476 e. The Balaban J connectivity index is 3.03. The van der Waals surface area contributed by atoms with Crippen LogP contribution in [0.25, 0.3) is 0 Å². The first-order valence-electron chi connectivity index (χ1n) is 5.68. The summed E-state index contributed by atoms with van der Waals surface area (Å²) in [5.41, 5.74) is 0.300. The number of hydrogen-bond donors (Lipinski definition) is 2. The number of nitrogens with zero attached hydrogens (tertiary/aromatic N) is 3. The van der Waals surface area contributed by atoms with E-state index in [2.05, 4.69) is 10.3 Å². The zero-order valence-electron chi connectivity index (χ0n) is 10.5. The van der Waals surface area contributed by atoms with E-state index in [-0.39, 0.29) is 17.7 Å². The summed E-state index contributed by atoms with van der Waals surface area (Å²) in [6, 6.07) is 0. The van der Waals surface area contributed by atoms with Crippen LogP contribution in [0.15, 0.2) is 0 Å². The van der Waals surface area contributed by atoms with Gasteiger partial charge in [-0.2, -0.15) is 0 Å². The largest absolute Gasteiger partial charge is 0.476 e. The summed E-state index contributed by atoms with van der Waals surface area (Å²) in [4.78, 5) is 11.0. The van der Waals surface area contributed by atoms with Crippen LogP contribution in [0.4, 0.5) is 0 Å². The van der Waals surface area contributed by atoms with Crippen LogP contribution in [-0.4, -0.2) is 37.8 Å². The Kier molecular flexibility index (Phi) is 4.22. The van der Waals surface area contributed by atoms with Crippen LogP contribution in [0.2, 0.25) is 0 Å². The van der Waals surface area contributed by atoms with E-state index in [9.17, 15) is 9.90 Å². The SMILES string of the molecule is CCCc1c(C(=O)O)nnn1CC(C)(C)CO. The minimum absolute atomic E-state index is 0.0144. The van der Waals surface area contributed by atoms with Crippen molar-refractivity contribution in [2.45, 2.75) is 40.2 Å². The molecular weight excluding hydrogens is 222 g/mol. The van der Waals surface area contributed by atoms with Gasteiger partial charge in [0.15, 0.2) is 5.69 Å². The molecule has 0 aliphatic rings. The van der Waals surface area contributed by atoms with E-state index in [1.54, 1.807) is 4.68 Å². The average molecular weight is 241 g/mol. The first-order valence-corrected chi connectivity index (χ1v) is 5.68. The maximum atomic E-state index is 11.0. The fraction of sp³-hybridized carbons (Fsp3) is 0.727. The van der Waals surface area contributed by atoms with Crippen LogP contribution in [0, 0.1) is 5.41 Å². The number of aliphatic hydroxyl groups excluding tert-OH is 1. The molecule has 0 radical (unpaired) electrons. The fourth-order valence-corrected chi connectivity index (χ4v) is 1.57. The van der Waals surface area contributed by atoms with Gasteiger partial charge in [-0.15, -0.1) is 5.10 Å². The van der Waals surface area contributed by atoms with Crippen LogP contribution in [0.5, 0.6) is 0 Å². The molecule has 0 saturated heterocycles. The normalized spacial score (nSPS) is 11.8. The number of rotatable bonds is 6. The lowest BCUT2D eigenvalue weighted by Gasteiger charge is -2.22.